The van der Waals surface area contributed by atoms with Crippen molar-refractivity contribution in [3.8, 4) is 11.5 Å². The average molecular weight is 500 g/mol. The number of H-pyrrole nitrogens is 1. The van der Waals surface area contributed by atoms with Crippen LogP contribution in [0.1, 0.15) is 45.3 Å². The van der Waals surface area contributed by atoms with Crippen molar-refractivity contribution in [2.24, 2.45) is 0 Å². The summed E-state index contributed by atoms with van der Waals surface area (Å²) in [5, 5.41) is 11.5. The maximum atomic E-state index is 13.4. The number of nitrogens with one attached hydrogen (secondary N) is 1. The number of esters is 1. The van der Waals surface area contributed by atoms with Crippen LogP contribution in [0.4, 0.5) is 0 Å². The van der Waals surface area contributed by atoms with E-state index in [-0.39, 0.29) is 29.1 Å². The Morgan fingerprint density at radius 2 is 1.83 bits per heavy atom. The van der Waals surface area contributed by atoms with Gasteiger partial charge in [-0.05, 0) is 52.5 Å². The molecule has 1 aromatic carbocycles. The Balaban J connectivity index is 2.27. The highest BCUT2D eigenvalue weighted by molar-refractivity contribution is 6.46. The van der Waals surface area contributed by atoms with Crippen molar-refractivity contribution in [2.45, 2.75) is 26.3 Å². The maximum absolute atomic E-state index is 13.4. The normalized spacial score (nSPS) is 17.1. The smallest absolute Gasteiger partial charge is 0.354 e. The van der Waals surface area contributed by atoms with E-state index in [1.807, 2.05) is 19.0 Å². The number of ether oxygens (including phenoxy) is 3. The van der Waals surface area contributed by atoms with Gasteiger partial charge in [0, 0.05) is 23.4 Å². The van der Waals surface area contributed by atoms with Crippen LogP contribution < -0.4 is 9.47 Å². The molecule has 2 heterocycles. The standard InChI is InChI=1S/C26H33N3O7/c1-14-18(15(2)27-20(14)26(33)36-7)22(30)19-21(16-10-8-11-17(34-5)24(16)35-6)29(25(32)23(19)31)13-9-12-28(3)4/h8,10-11,21,27,30H,9,12-13H2,1-7H3/t21-/m0/s1. The fourth-order valence-electron chi connectivity index (χ4n) is 4.66. The first kappa shape index (κ1) is 26.8. The summed E-state index contributed by atoms with van der Waals surface area (Å²) >= 11 is 0. The third-order valence-electron chi connectivity index (χ3n) is 6.34. The second kappa shape index (κ2) is 10.9. The first-order valence-corrected chi connectivity index (χ1v) is 11.5. The molecule has 1 saturated heterocycles. The number of carbonyl (C=O) groups is 3. The second-order valence-electron chi connectivity index (χ2n) is 8.85. The minimum atomic E-state index is -0.924. The van der Waals surface area contributed by atoms with Gasteiger partial charge in [-0.25, -0.2) is 4.79 Å². The number of aromatic nitrogens is 1. The van der Waals surface area contributed by atoms with Gasteiger partial charge in [0.2, 0.25) is 0 Å². The van der Waals surface area contributed by atoms with Gasteiger partial charge < -0.3 is 34.1 Å². The molecule has 2 N–H and O–H groups in total. The number of nitrogens with zero attached hydrogens (tertiary/aromatic N) is 2. The van der Waals surface area contributed by atoms with E-state index >= 15 is 0 Å². The molecule has 3 rings (SSSR count). The predicted octanol–water partition coefficient (Wildman–Crippen LogP) is 2.81. The van der Waals surface area contributed by atoms with Crippen LogP contribution in [0.2, 0.25) is 0 Å². The second-order valence-corrected chi connectivity index (χ2v) is 8.85. The molecule has 10 heteroatoms. The summed E-state index contributed by atoms with van der Waals surface area (Å²) in [6.07, 6.45) is 0.609. The number of hydrogen-bond donors (Lipinski definition) is 2. The number of hydrogen-bond acceptors (Lipinski definition) is 8. The summed E-state index contributed by atoms with van der Waals surface area (Å²) in [6.45, 7) is 4.29. The molecular weight excluding hydrogens is 466 g/mol. The van der Waals surface area contributed by atoms with E-state index in [1.165, 1.54) is 26.2 Å². The summed E-state index contributed by atoms with van der Waals surface area (Å²) in [6, 6.07) is 4.26. The number of rotatable bonds is 9. The highest BCUT2D eigenvalue weighted by Crippen LogP contribution is 2.46. The molecule has 0 saturated carbocycles. The molecule has 1 aliphatic heterocycles. The maximum Gasteiger partial charge on any atom is 0.354 e. The molecule has 0 spiro atoms. The van der Waals surface area contributed by atoms with Crippen LogP contribution in [0.5, 0.6) is 11.5 Å². The molecule has 1 aliphatic rings. The molecule has 2 aromatic rings. The Morgan fingerprint density at radius 1 is 1.14 bits per heavy atom. The Labute approximate surface area is 210 Å². The first-order valence-electron chi connectivity index (χ1n) is 11.5. The van der Waals surface area contributed by atoms with Crippen LogP contribution in [-0.2, 0) is 14.3 Å². The zero-order valence-corrected chi connectivity index (χ0v) is 21.7. The van der Waals surface area contributed by atoms with E-state index in [2.05, 4.69) is 4.98 Å². The molecular formula is C26H33N3O7. The Hall–Kier alpha value is -3.79. The van der Waals surface area contributed by atoms with E-state index in [9.17, 15) is 19.5 Å². The summed E-state index contributed by atoms with van der Waals surface area (Å²) < 4.78 is 15.9. The average Bonchev–Trinajstić information content (AvgIpc) is 3.29. The molecule has 0 radical (unpaired) electrons. The minimum Gasteiger partial charge on any atom is -0.507 e. The van der Waals surface area contributed by atoms with E-state index in [0.717, 1.165) is 0 Å². The molecule has 1 amide bonds. The van der Waals surface area contributed by atoms with Crippen molar-refractivity contribution in [3.05, 3.63) is 51.9 Å². The molecule has 194 valence electrons. The highest BCUT2D eigenvalue weighted by Gasteiger charge is 2.47. The molecule has 1 fully saturated rings. The van der Waals surface area contributed by atoms with Crippen molar-refractivity contribution in [2.75, 3.05) is 48.5 Å². The number of amides is 1. The van der Waals surface area contributed by atoms with Gasteiger partial charge in [0.05, 0.1) is 32.9 Å². The van der Waals surface area contributed by atoms with Gasteiger partial charge >= 0.3 is 5.97 Å². The number of benzene rings is 1. The molecule has 1 atom stereocenters. The van der Waals surface area contributed by atoms with E-state index in [4.69, 9.17) is 14.2 Å². The monoisotopic (exact) mass is 499 g/mol. The van der Waals surface area contributed by atoms with Crippen molar-refractivity contribution in [1.82, 2.24) is 14.8 Å². The summed E-state index contributed by atoms with van der Waals surface area (Å²) in [5.74, 6) is -1.73. The van der Waals surface area contributed by atoms with Crippen LogP contribution >= 0.6 is 0 Å². The van der Waals surface area contributed by atoms with Crippen LogP contribution in [-0.4, -0.2) is 86.1 Å². The van der Waals surface area contributed by atoms with Crippen molar-refractivity contribution in [3.63, 3.8) is 0 Å². The number of aryl methyl sites for hydroxylation is 1. The SMILES string of the molecule is COC(=O)c1[nH]c(C)c(C(O)=C2C(=O)C(=O)N(CCCN(C)C)[C@H]2c2cccc(OC)c2OC)c1C. The zero-order chi connectivity index (χ0) is 26.7. The van der Waals surface area contributed by atoms with Crippen molar-refractivity contribution >= 4 is 23.4 Å². The quantitative estimate of drug-likeness (QED) is 0.234. The van der Waals surface area contributed by atoms with Crippen LogP contribution in [0.25, 0.3) is 5.76 Å². The summed E-state index contributed by atoms with van der Waals surface area (Å²) in [5.41, 5.74) is 1.72. The van der Waals surface area contributed by atoms with E-state index in [1.54, 1.807) is 32.0 Å². The highest BCUT2D eigenvalue weighted by atomic mass is 16.5. The molecule has 36 heavy (non-hydrogen) atoms. The third-order valence-corrected chi connectivity index (χ3v) is 6.34. The molecule has 1 aromatic heterocycles. The lowest BCUT2D eigenvalue weighted by Crippen LogP contribution is -2.32. The number of para-hydroxylation sites is 1. The summed E-state index contributed by atoms with van der Waals surface area (Å²) in [4.78, 5) is 45.2. The van der Waals surface area contributed by atoms with Gasteiger partial charge in [-0.2, -0.15) is 0 Å². The van der Waals surface area contributed by atoms with E-state index < -0.39 is 23.7 Å². The van der Waals surface area contributed by atoms with Crippen LogP contribution in [0.3, 0.4) is 0 Å². The van der Waals surface area contributed by atoms with Gasteiger partial charge in [-0.15, -0.1) is 0 Å². The first-order chi connectivity index (χ1) is 17.1. The fourth-order valence-corrected chi connectivity index (χ4v) is 4.66. The zero-order valence-electron chi connectivity index (χ0n) is 21.7. The Bertz CT molecular complexity index is 1210. The molecule has 0 bridgehead atoms. The topological polar surface area (TPSA) is 121 Å². The lowest BCUT2D eigenvalue weighted by Gasteiger charge is -2.27. The Morgan fingerprint density at radius 3 is 2.42 bits per heavy atom. The largest absolute Gasteiger partial charge is 0.507 e. The molecule has 10 nitrogen and oxygen atoms in total. The van der Waals surface area contributed by atoms with Gasteiger partial charge in [0.25, 0.3) is 11.7 Å². The third kappa shape index (κ3) is 4.68. The number of Topliss-reactive ketones (excluding diaryl/α,β-unsaturated/α-hetero) is 1. The van der Waals surface area contributed by atoms with Gasteiger partial charge in [-0.3, -0.25) is 9.59 Å². The number of likely N-dealkylation sites (tertiary alicyclic amines) is 1. The summed E-state index contributed by atoms with van der Waals surface area (Å²) in [7, 11) is 8.07. The number of aliphatic hydroxyl groups excluding tert-OH is 1. The predicted molar refractivity (Wildman–Crippen MR) is 133 cm³/mol. The number of carbonyl (C=O) groups excluding carboxylic acids is 3. The van der Waals surface area contributed by atoms with Gasteiger partial charge in [0.1, 0.15) is 11.5 Å². The van der Waals surface area contributed by atoms with Crippen LogP contribution in [0.15, 0.2) is 23.8 Å². The van der Waals surface area contributed by atoms with Gasteiger partial charge in [-0.1, -0.05) is 12.1 Å². The number of aliphatic hydroxyl groups is 1. The Kier molecular flexibility index (Phi) is 8.09. The molecule has 0 unspecified atom stereocenters. The van der Waals surface area contributed by atoms with Crippen LogP contribution in [0, 0.1) is 13.8 Å². The van der Waals surface area contributed by atoms with Crippen molar-refractivity contribution in [1.29, 1.82) is 0 Å². The lowest BCUT2D eigenvalue weighted by atomic mass is 9.93. The number of aromatic amines is 1. The minimum absolute atomic E-state index is 0.0852. The fraction of sp³-hybridized carbons (Fsp3) is 0.423. The number of ketones is 1. The van der Waals surface area contributed by atoms with Gasteiger partial charge in [0.15, 0.2) is 11.5 Å². The number of methoxy groups -OCH3 is 3. The molecule has 0 aliphatic carbocycles. The lowest BCUT2D eigenvalue weighted by molar-refractivity contribution is -0.140. The van der Waals surface area contributed by atoms with Crippen molar-refractivity contribution < 1.29 is 33.7 Å². The van der Waals surface area contributed by atoms with E-state index in [0.29, 0.717) is 41.3 Å².